The Hall–Kier alpha value is -2.63. The van der Waals surface area contributed by atoms with Crippen molar-refractivity contribution in [1.82, 2.24) is 10.2 Å². The number of urea groups is 1. The Morgan fingerprint density at radius 3 is 2.65 bits per heavy atom. The van der Waals surface area contributed by atoms with Crippen molar-refractivity contribution in [2.45, 2.75) is 6.92 Å². The second-order valence-electron chi connectivity index (χ2n) is 4.10. The fraction of sp³-hybridized carbons (Fsp3) is 0.214. The van der Waals surface area contributed by atoms with E-state index >= 15 is 0 Å². The summed E-state index contributed by atoms with van der Waals surface area (Å²) in [6.45, 7) is 1.48. The largest absolute Gasteiger partial charge is 0.465 e. The van der Waals surface area contributed by atoms with Gasteiger partial charge in [-0.2, -0.15) is 0 Å². The molecule has 0 unspecified atom stereocenters. The highest BCUT2D eigenvalue weighted by Gasteiger charge is 2.35. The van der Waals surface area contributed by atoms with Crippen LogP contribution in [-0.2, 0) is 14.3 Å². The Balaban J connectivity index is 2.13. The van der Waals surface area contributed by atoms with Gasteiger partial charge in [-0.25, -0.2) is 9.69 Å². The van der Waals surface area contributed by atoms with Crippen LogP contribution in [0.2, 0.25) is 0 Å². The van der Waals surface area contributed by atoms with Crippen LogP contribution in [0.15, 0.2) is 36.0 Å². The molecule has 1 aliphatic heterocycles. The number of nitrogens with zero attached hydrogens (tertiary/aromatic N) is 1. The molecule has 2 rings (SSSR count). The van der Waals surface area contributed by atoms with E-state index in [9.17, 15) is 14.4 Å². The third kappa shape index (κ3) is 3.03. The van der Waals surface area contributed by atoms with Crippen molar-refractivity contribution in [3.05, 3.63) is 41.6 Å². The van der Waals surface area contributed by atoms with Gasteiger partial charge in [0, 0.05) is 0 Å². The van der Waals surface area contributed by atoms with Gasteiger partial charge in [-0.05, 0) is 18.6 Å². The lowest BCUT2D eigenvalue weighted by molar-refractivity contribution is -0.145. The van der Waals surface area contributed by atoms with Crippen molar-refractivity contribution in [3.8, 4) is 0 Å². The van der Waals surface area contributed by atoms with Crippen LogP contribution in [-0.4, -0.2) is 36.0 Å². The first-order chi connectivity index (χ1) is 9.61. The minimum atomic E-state index is -0.620. The fourth-order valence-corrected chi connectivity index (χ4v) is 1.77. The molecule has 3 amide bonds. The number of carbonyl (C=O) groups is 3. The Morgan fingerprint density at radius 1 is 1.30 bits per heavy atom. The Kier molecular flexibility index (Phi) is 4.14. The number of carbonyl (C=O) groups excluding carboxylic acids is 3. The van der Waals surface area contributed by atoms with Gasteiger partial charge in [0.25, 0.3) is 5.91 Å². The molecule has 0 aromatic heterocycles. The SMILES string of the molecule is CCOC(=O)CN1C(=O)N/C(=C/c2ccccc2)C1=O. The first-order valence-electron chi connectivity index (χ1n) is 6.17. The maximum atomic E-state index is 12.0. The molecule has 1 aromatic rings. The minimum absolute atomic E-state index is 0.144. The van der Waals surface area contributed by atoms with Crippen molar-refractivity contribution < 1.29 is 19.1 Å². The van der Waals surface area contributed by atoms with Gasteiger partial charge in [-0.1, -0.05) is 30.3 Å². The molecular formula is C14H14N2O4. The second-order valence-corrected chi connectivity index (χ2v) is 4.10. The van der Waals surface area contributed by atoms with Crippen molar-refractivity contribution in [2.24, 2.45) is 0 Å². The van der Waals surface area contributed by atoms with E-state index in [0.29, 0.717) is 0 Å². The van der Waals surface area contributed by atoms with Crippen LogP contribution in [0.4, 0.5) is 4.79 Å². The van der Waals surface area contributed by atoms with Gasteiger partial charge in [-0.3, -0.25) is 9.59 Å². The second kappa shape index (κ2) is 6.01. The Bertz CT molecular complexity index is 566. The Morgan fingerprint density at radius 2 is 2.00 bits per heavy atom. The van der Waals surface area contributed by atoms with Gasteiger partial charge in [0.1, 0.15) is 12.2 Å². The minimum Gasteiger partial charge on any atom is -0.465 e. The van der Waals surface area contributed by atoms with Gasteiger partial charge >= 0.3 is 12.0 Å². The van der Waals surface area contributed by atoms with E-state index < -0.39 is 17.9 Å². The van der Waals surface area contributed by atoms with E-state index in [1.165, 1.54) is 0 Å². The number of hydrogen-bond acceptors (Lipinski definition) is 4. The summed E-state index contributed by atoms with van der Waals surface area (Å²) in [4.78, 5) is 35.9. The number of ether oxygens (including phenoxy) is 1. The maximum absolute atomic E-state index is 12.0. The summed E-state index contributed by atoms with van der Waals surface area (Å²) in [7, 11) is 0. The van der Waals surface area contributed by atoms with Crippen molar-refractivity contribution >= 4 is 24.0 Å². The van der Waals surface area contributed by atoms with Crippen LogP contribution < -0.4 is 5.32 Å². The molecule has 0 bridgehead atoms. The van der Waals surface area contributed by atoms with Crippen LogP contribution >= 0.6 is 0 Å². The van der Waals surface area contributed by atoms with Gasteiger partial charge in [0.2, 0.25) is 0 Å². The molecule has 1 heterocycles. The number of esters is 1. The van der Waals surface area contributed by atoms with Gasteiger partial charge in [0.15, 0.2) is 0 Å². The highest BCUT2D eigenvalue weighted by molar-refractivity contribution is 6.15. The van der Waals surface area contributed by atoms with Crippen molar-refractivity contribution in [1.29, 1.82) is 0 Å². The number of hydrogen-bond donors (Lipinski definition) is 1. The molecule has 0 aliphatic carbocycles. The fourth-order valence-electron chi connectivity index (χ4n) is 1.77. The van der Waals surface area contributed by atoms with Crippen LogP contribution in [0, 0.1) is 0 Å². The van der Waals surface area contributed by atoms with E-state index in [-0.39, 0.29) is 18.8 Å². The average Bonchev–Trinajstić information content (AvgIpc) is 2.68. The van der Waals surface area contributed by atoms with Crippen LogP contribution in [0.1, 0.15) is 12.5 Å². The van der Waals surface area contributed by atoms with Crippen LogP contribution in [0.25, 0.3) is 6.08 Å². The molecule has 0 atom stereocenters. The van der Waals surface area contributed by atoms with E-state index in [0.717, 1.165) is 10.5 Å². The quantitative estimate of drug-likeness (QED) is 0.507. The zero-order chi connectivity index (χ0) is 14.5. The molecule has 0 saturated carbocycles. The summed E-state index contributed by atoms with van der Waals surface area (Å²) in [5, 5.41) is 2.44. The first-order valence-corrected chi connectivity index (χ1v) is 6.17. The molecule has 6 nitrogen and oxygen atoms in total. The standard InChI is InChI=1S/C14H14N2O4/c1-2-20-12(17)9-16-13(18)11(15-14(16)19)8-10-6-4-3-5-7-10/h3-8H,2,9H2,1H3,(H,15,19)/b11-8+. The van der Waals surface area contributed by atoms with Gasteiger partial charge < -0.3 is 10.1 Å². The van der Waals surface area contributed by atoms with Crippen LogP contribution in [0.5, 0.6) is 0 Å². The smallest absolute Gasteiger partial charge is 0.329 e. The number of amides is 3. The molecule has 1 aliphatic rings. The first kappa shape index (κ1) is 13.8. The lowest BCUT2D eigenvalue weighted by atomic mass is 10.2. The van der Waals surface area contributed by atoms with E-state index in [1.54, 1.807) is 25.1 Å². The number of imide groups is 1. The highest BCUT2D eigenvalue weighted by atomic mass is 16.5. The summed E-state index contributed by atoms with van der Waals surface area (Å²) in [5.74, 6) is -1.15. The summed E-state index contributed by atoms with van der Waals surface area (Å²) in [5.41, 5.74) is 0.930. The van der Waals surface area contributed by atoms with Crippen molar-refractivity contribution in [2.75, 3.05) is 13.2 Å². The normalized spacial score (nSPS) is 16.4. The monoisotopic (exact) mass is 274 g/mol. The molecule has 1 aromatic carbocycles. The lowest BCUT2D eigenvalue weighted by Crippen LogP contribution is -2.36. The van der Waals surface area contributed by atoms with Gasteiger partial charge in [-0.15, -0.1) is 0 Å². The molecule has 1 saturated heterocycles. The van der Waals surface area contributed by atoms with E-state index in [4.69, 9.17) is 4.74 Å². The van der Waals surface area contributed by atoms with Crippen LogP contribution in [0.3, 0.4) is 0 Å². The number of nitrogens with one attached hydrogen (secondary N) is 1. The molecule has 6 heteroatoms. The predicted molar refractivity (Wildman–Crippen MR) is 71.3 cm³/mol. The average molecular weight is 274 g/mol. The highest BCUT2D eigenvalue weighted by Crippen LogP contribution is 2.13. The number of benzene rings is 1. The predicted octanol–water partition coefficient (Wildman–Crippen LogP) is 1.14. The maximum Gasteiger partial charge on any atom is 0.329 e. The molecule has 1 fully saturated rings. The summed E-state index contributed by atoms with van der Waals surface area (Å²) in [6, 6.07) is 8.49. The number of rotatable bonds is 4. The molecular weight excluding hydrogens is 260 g/mol. The summed E-state index contributed by atoms with van der Waals surface area (Å²) in [6.07, 6.45) is 1.56. The molecule has 20 heavy (non-hydrogen) atoms. The van der Waals surface area contributed by atoms with Gasteiger partial charge in [0.05, 0.1) is 6.61 Å². The molecule has 0 radical (unpaired) electrons. The van der Waals surface area contributed by atoms with E-state index in [1.807, 2.05) is 18.2 Å². The third-order valence-electron chi connectivity index (χ3n) is 2.67. The summed E-state index contributed by atoms with van der Waals surface area (Å²) >= 11 is 0. The lowest BCUT2D eigenvalue weighted by Gasteiger charge is -2.10. The third-order valence-corrected chi connectivity index (χ3v) is 2.67. The topological polar surface area (TPSA) is 75.7 Å². The molecule has 1 N–H and O–H groups in total. The molecule has 0 spiro atoms. The molecule has 104 valence electrons. The van der Waals surface area contributed by atoms with Crippen molar-refractivity contribution in [3.63, 3.8) is 0 Å². The zero-order valence-electron chi connectivity index (χ0n) is 11.0. The zero-order valence-corrected chi connectivity index (χ0v) is 11.0. The Labute approximate surface area is 116 Å². The van der Waals surface area contributed by atoms with E-state index in [2.05, 4.69) is 5.32 Å². The summed E-state index contributed by atoms with van der Waals surface area (Å²) < 4.78 is 4.72.